The minimum absolute atomic E-state index is 0.0322. The molecule has 0 aliphatic heterocycles. The second-order valence-corrected chi connectivity index (χ2v) is 41.3. The second kappa shape index (κ2) is 33.6. The molecule has 18 aromatic carbocycles. The van der Waals surface area contributed by atoms with Crippen molar-refractivity contribution >= 4 is 113 Å². The van der Waals surface area contributed by atoms with Gasteiger partial charge in [0.05, 0.1) is 17.4 Å². The summed E-state index contributed by atoms with van der Waals surface area (Å²) in [6.45, 7) is 26.0. The van der Waals surface area contributed by atoms with Gasteiger partial charge in [0.2, 0.25) is 0 Å². The third kappa shape index (κ3) is 15.6. The van der Waals surface area contributed by atoms with E-state index in [1.54, 1.807) is 0 Å². The number of rotatable bonds is 18. The molecule has 1 aliphatic rings. The molecular formula is C126H106N2S2. The molecule has 20 aromatic rings. The average molecular weight is 1710 g/mol. The summed E-state index contributed by atoms with van der Waals surface area (Å²) in [6, 6.07) is 149. The van der Waals surface area contributed by atoms with Gasteiger partial charge in [-0.05, 0) is 216 Å². The molecule has 130 heavy (non-hydrogen) atoms. The number of nitrogens with zero attached hydrogens (tertiary/aromatic N) is 2. The van der Waals surface area contributed by atoms with Gasteiger partial charge in [0.15, 0.2) is 0 Å². The molecule has 21 rings (SSSR count). The molecule has 2 aromatic heterocycles. The first-order valence-corrected chi connectivity index (χ1v) is 47.6. The Bertz CT molecular complexity index is 7730. The minimum Gasteiger partial charge on any atom is -0.333 e. The summed E-state index contributed by atoms with van der Waals surface area (Å²) in [5, 5.41) is 10.1. The Morgan fingerprint density at radius 2 is 0.654 bits per heavy atom. The summed E-state index contributed by atoms with van der Waals surface area (Å²) >= 11 is 3.79. The topological polar surface area (TPSA) is 6.48 Å². The first-order chi connectivity index (χ1) is 63.1. The van der Waals surface area contributed by atoms with Crippen molar-refractivity contribution in [3.63, 3.8) is 0 Å². The SMILES string of the molecule is CC(C)(C)c1cc(-c2cccc3cccc(-c4ccccc4N(c4ccc(-c5cccc6c5sc5ccc(CC(C)(C)c7cc(-c8cccc9cccc(-c%10ccccc%10N(c%10ccc(-c%11cccc%12c%11sc%11ccccc%11%12)cc%10)C%10C=CC=CC%10c%10ccc(-c%11ccccc%11)cc%10)c89)cc(C(C)(C)C)c7)cc56)cc4)c4ccccc4-c4ccccc4)c23)cc(C(C)(C)C)c1. The molecule has 0 bridgehead atoms. The summed E-state index contributed by atoms with van der Waals surface area (Å²) in [4.78, 5) is 5.13. The zero-order valence-electron chi connectivity index (χ0n) is 75.9. The fourth-order valence-corrected chi connectivity index (χ4v) is 22.6. The van der Waals surface area contributed by atoms with Gasteiger partial charge in [-0.25, -0.2) is 0 Å². The van der Waals surface area contributed by atoms with Crippen LogP contribution in [0, 0.1) is 0 Å². The molecular weight excluding hydrogens is 1610 g/mol. The predicted octanol–water partition coefficient (Wildman–Crippen LogP) is 36.4. The van der Waals surface area contributed by atoms with E-state index in [2.05, 4.69) is 505 Å². The average Bonchev–Trinajstić information content (AvgIpc) is 1.06. The van der Waals surface area contributed by atoms with Crippen LogP contribution < -0.4 is 9.80 Å². The second-order valence-electron chi connectivity index (χ2n) is 39.2. The van der Waals surface area contributed by atoms with E-state index in [1.807, 2.05) is 22.7 Å². The normalized spacial score (nSPS) is 13.8. The van der Waals surface area contributed by atoms with Crippen molar-refractivity contribution in [1.82, 2.24) is 0 Å². The fraction of sp³-hybridized carbons (Fsp3) is 0.143. The van der Waals surface area contributed by atoms with E-state index >= 15 is 0 Å². The molecule has 2 unspecified atom stereocenters. The van der Waals surface area contributed by atoms with Crippen LogP contribution in [0.15, 0.2) is 419 Å². The lowest BCUT2D eigenvalue weighted by molar-refractivity contribution is 0.518. The molecule has 4 heteroatoms. The zero-order valence-corrected chi connectivity index (χ0v) is 77.5. The van der Waals surface area contributed by atoms with Crippen molar-refractivity contribution in [3.05, 3.63) is 452 Å². The summed E-state index contributed by atoms with van der Waals surface area (Å²) in [7, 11) is 0. The number of hydrogen-bond donors (Lipinski definition) is 0. The van der Waals surface area contributed by atoms with Gasteiger partial charge >= 0.3 is 0 Å². The highest BCUT2D eigenvalue weighted by Gasteiger charge is 2.34. The van der Waals surface area contributed by atoms with Gasteiger partial charge < -0.3 is 9.80 Å². The van der Waals surface area contributed by atoms with E-state index in [0.717, 1.165) is 51.5 Å². The Hall–Kier alpha value is -14.0. The van der Waals surface area contributed by atoms with Crippen molar-refractivity contribution in [1.29, 1.82) is 0 Å². The van der Waals surface area contributed by atoms with Crippen LogP contribution in [-0.4, -0.2) is 6.04 Å². The maximum Gasteiger partial charge on any atom is 0.0628 e. The Balaban J connectivity index is 0.627. The van der Waals surface area contributed by atoms with Crippen LogP contribution in [0.3, 0.4) is 0 Å². The fourth-order valence-electron chi connectivity index (χ4n) is 20.1. The van der Waals surface area contributed by atoms with E-state index < -0.39 is 0 Å². The minimum atomic E-state index is -0.272. The van der Waals surface area contributed by atoms with Gasteiger partial charge in [-0.3, -0.25) is 0 Å². The largest absolute Gasteiger partial charge is 0.333 e. The lowest BCUT2D eigenvalue weighted by atomic mass is 9.75. The number of para-hydroxylation sites is 3. The molecule has 2 nitrogen and oxygen atoms in total. The van der Waals surface area contributed by atoms with Crippen LogP contribution in [0.2, 0.25) is 0 Å². The van der Waals surface area contributed by atoms with Gasteiger partial charge in [-0.1, -0.05) is 434 Å². The number of benzene rings is 18. The van der Waals surface area contributed by atoms with E-state index in [9.17, 15) is 0 Å². The summed E-state index contributed by atoms with van der Waals surface area (Å²) in [6.07, 6.45) is 10.2. The molecule has 2 heterocycles. The van der Waals surface area contributed by atoms with Crippen LogP contribution in [0.5, 0.6) is 0 Å². The van der Waals surface area contributed by atoms with E-state index in [-0.39, 0.29) is 33.6 Å². The summed E-state index contributed by atoms with van der Waals surface area (Å²) in [5.41, 5.74) is 32.3. The maximum atomic E-state index is 2.63. The Morgan fingerprint density at radius 1 is 0.262 bits per heavy atom. The van der Waals surface area contributed by atoms with Crippen molar-refractivity contribution in [2.24, 2.45) is 0 Å². The van der Waals surface area contributed by atoms with Crippen LogP contribution in [-0.2, 0) is 28.1 Å². The third-order valence-corrected chi connectivity index (χ3v) is 29.5. The summed E-state index contributed by atoms with van der Waals surface area (Å²) < 4.78 is 5.21. The van der Waals surface area contributed by atoms with Gasteiger partial charge in [-0.2, -0.15) is 0 Å². The monoisotopic (exact) mass is 1710 g/mol. The standard InChI is InChI=1S/C126H106N2S2/c1-123(2,3)93-75-91(76-94(79-93)124(4,5)6)101-47-28-38-89-40-30-51-108(119(89)101)105-44-20-25-57-115(105)127(113-55-23-18-42-99(113)85-36-16-13-17-37-85)97-71-67-88(68-72-97)104-50-33-54-111-112-74-82(60-73-118(112)130-122(104)111)81-126(10,11)96-78-92(77-95(80-96)125(7,8)9)102-48-29-39-90-41-31-52-109(120(90)102)106-45-21-26-58-116(106)128(114-56-24-19-43-100(114)86-63-61-84(62-64-86)83-34-14-12-15-35-83)98-69-65-87(66-70-98)103-49-32-53-110-107-46-22-27-59-117(107)129-121(103)110/h12-80,100,114H,81H2,1-11H3. The molecule has 2 atom stereocenters. The van der Waals surface area contributed by atoms with Crippen LogP contribution in [0.4, 0.5) is 28.4 Å². The van der Waals surface area contributed by atoms with Crippen molar-refractivity contribution in [3.8, 4) is 89.0 Å². The first kappa shape index (κ1) is 82.9. The quantitative estimate of drug-likeness (QED) is 0.0845. The molecule has 0 N–H and O–H groups in total. The van der Waals surface area contributed by atoms with Crippen LogP contribution >= 0.6 is 22.7 Å². The zero-order chi connectivity index (χ0) is 88.7. The van der Waals surface area contributed by atoms with Gasteiger partial charge in [0.25, 0.3) is 0 Å². The van der Waals surface area contributed by atoms with E-state index in [0.29, 0.717) is 0 Å². The van der Waals surface area contributed by atoms with Crippen molar-refractivity contribution in [2.45, 2.75) is 116 Å². The van der Waals surface area contributed by atoms with Gasteiger partial charge in [-0.15, -0.1) is 22.7 Å². The smallest absolute Gasteiger partial charge is 0.0628 e. The van der Waals surface area contributed by atoms with Gasteiger partial charge in [0, 0.05) is 80.0 Å². The van der Waals surface area contributed by atoms with E-state index in [1.165, 1.54) is 168 Å². The molecule has 0 saturated carbocycles. The molecule has 1 aliphatic carbocycles. The van der Waals surface area contributed by atoms with Gasteiger partial charge in [0.1, 0.15) is 0 Å². The predicted molar refractivity (Wildman–Crippen MR) is 565 cm³/mol. The van der Waals surface area contributed by atoms with Crippen LogP contribution in [0.25, 0.3) is 151 Å². The van der Waals surface area contributed by atoms with Crippen molar-refractivity contribution < 1.29 is 0 Å². The Labute approximate surface area is 774 Å². The maximum absolute atomic E-state index is 2.63. The number of hydrogen-bond acceptors (Lipinski definition) is 4. The highest BCUT2D eigenvalue weighted by molar-refractivity contribution is 7.26. The molecule has 0 fully saturated rings. The van der Waals surface area contributed by atoms with Crippen molar-refractivity contribution in [2.75, 3.05) is 9.80 Å². The molecule has 0 amide bonds. The molecule has 0 spiro atoms. The molecule has 0 radical (unpaired) electrons. The molecule has 632 valence electrons. The third-order valence-electron chi connectivity index (χ3n) is 27.1. The number of fused-ring (bicyclic) bond motifs is 8. The Morgan fingerprint density at radius 3 is 1.22 bits per heavy atom. The van der Waals surface area contributed by atoms with E-state index in [4.69, 9.17) is 0 Å². The highest BCUT2D eigenvalue weighted by Crippen LogP contribution is 2.53. The first-order valence-electron chi connectivity index (χ1n) is 45.9. The molecule has 0 saturated heterocycles. The lowest BCUT2D eigenvalue weighted by Gasteiger charge is -2.39. The van der Waals surface area contributed by atoms with Crippen LogP contribution in [0.1, 0.15) is 115 Å². The number of allylic oxidation sites excluding steroid dienone is 2. The Kier molecular flexibility index (Phi) is 21.4. The number of anilines is 5. The summed E-state index contributed by atoms with van der Waals surface area (Å²) in [5.74, 6) is 0.0322. The highest BCUT2D eigenvalue weighted by atomic mass is 32.1. The number of thiophene rings is 2. The lowest BCUT2D eigenvalue weighted by Crippen LogP contribution is -2.35.